The summed E-state index contributed by atoms with van der Waals surface area (Å²) in [4.78, 5) is 2.35. The molecule has 4 nitrogen and oxygen atoms in total. The first kappa shape index (κ1) is 16.4. The smallest absolute Gasteiger partial charge is 0.138 e. The zero-order valence-corrected chi connectivity index (χ0v) is 14.4. The molecule has 0 saturated heterocycles. The van der Waals surface area contributed by atoms with Crippen LogP contribution in [0, 0.1) is 6.92 Å². The summed E-state index contributed by atoms with van der Waals surface area (Å²) >= 11 is 0. The Bertz CT molecular complexity index is 750. The molecule has 0 aliphatic carbocycles. The quantitative estimate of drug-likeness (QED) is 0.670. The van der Waals surface area contributed by atoms with E-state index in [1.54, 1.807) is 0 Å². The van der Waals surface area contributed by atoms with Crippen molar-refractivity contribution in [2.24, 2.45) is 0 Å². The SMILES string of the molecule is Cc1nnc(CCN(C)CCc2ccccc2)n1-c1ccccc1. The maximum absolute atomic E-state index is 4.37. The zero-order chi connectivity index (χ0) is 16.8. The summed E-state index contributed by atoms with van der Waals surface area (Å²) < 4.78 is 2.14. The molecule has 4 heteroatoms. The van der Waals surface area contributed by atoms with E-state index in [-0.39, 0.29) is 0 Å². The van der Waals surface area contributed by atoms with Crippen molar-refractivity contribution in [3.8, 4) is 5.69 Å². The van der Waals surface area contributed by atoms with E-state index in [0.717, 1.165) is 43.3 Å². The Morgan fingerprint density at radius 1 is 0.833 bits per heavy atom. The van der Waals surface area contributed by atoms with Gasteiger partial charge < -0.3 is 4.90 Å². The van der Waals surface area contributed by atoms with Crippen molar-refractivity contribution in [3.05, 3.63) is 77.9 Å². The normalized spacial score (nSPS) is 11.1. The summed E-state index contributed by atoms with van der Waals surface area (Å²) in [5.41, 5.74) is 2.51. The molecule has 0 bridgehead atoms. The molecule has 24 heavy (non-hydrogen) atoms. The van der Waals surface area contributed by atoms with Gasteiger partial charge in [0.25, 0.3) is 0 Å². The third-order valence-electron chi connectivity index (χ3n) is 4.25. The van der Waals surface area contributed by atoms with Gasteiger partial charge in [0.1, 0.15) is 11.6 Å². The molecule has 0 atom stereocenters. The molecule has 0 unspecified atom stereocenters. The van der Waals surface area contributed by atoms with E-state index in [4.69, 9.17) is 0 Å². The van der Waals surface area contributed by atoms with Crippen molar-refractivity contribution in [1.29, 1.82) is 0 Å². The van der Waals surface area contributed by atoms with Crippen molar-refractivity contribution >= 4 is 0 Å². The summed E-state index contributed by atoms with van der Waals surface area (Å²) in [6.07, 6.45) is 1.96. The van der Waals surface area contributed by atoms with Gasteiger partial charge in [-0.1, -0.05) is 48.5 Å². The number of benzene rings is 2. The molecule has 0 aliphatic rings. The highest BCUT2D eigenvalue weighted by atomic mass is 15.3. The molecule has 0 aliphatic heterocycles. The minimum absolute atomic E-state index is 0.890. The molecule has 1 heterocycles. The molecule has 0 radical (unpaired) electrons. The molecule has 0 saturated carbocycles. The Kier molecular flexibility index (Phi) is 5.39. The van der Waals surface area contributed by atoms with Gasteiger partial charge in [0.05, 0.1) is 0 Å². The van der Waals surface area contributed by atoms with Crippen LogP contribution < -0.4 is 0 Å². The van der Waals surface area contributed by atoms with E-state index in [9.17, 15) is 0 Å². The van der Waals surface area contributed by atoms with Gasteiger partial charge in [-0.05, 0) is 38.1 Å². The average Bonchev–Trinajstić information content (AvgIpc) is 3.00. The van der Waals surface area contributed by atoms with Gasteiger partial charge in [-0.3, -0.25) is 4.57 Å². The second-order valence-electron chi connectivity index (χ2n) is 6.12. The summed E-state index contributed by atoms with van der Waals surface area (Å²) in [6.45, 7) is 4.02. The molecular formula is C20H24N4. The summed E-state index contributed by atoms with van der Waals surface area (Å²) in [6, 6.07) is 20.9. The van der Waals surface area contributed by atoms with Crippen molar-refractivity contribution in [2.45, 2.75) is 19.8 Å². The fourth-order valence-electron chi connectivity index (χ4n) is 2.85. The standard InChI is InChI=1S/C20H24N4/c1-17-21-22-20(24(17)19-11-7-4-8-12-19)14-16-23(2)15-13-18-9-5-3-6-10-18/h3-12H,13-16H2,1-2H3. The predicted molar refractivity (Wildman–Crippen MR) is 97.4 cm³/mol. The molecule has 3 rings (SSSR count). The lowest BCUT2D eigenvalue weighted by Crippen LogP contribution is -2.24. The largest absolute Gasteiger partial charge is 0.306 e. The Labute approximate surface area is 143 Å². The van der Waals surface area contributed by atoms with Crippen LogP contribution in [0.3, 0.4) is 0 Å². The number of hydrogen-bond acceptors (Lipinski definition) is 3. The molecular weight excluding hydrogens is 296 g/mol. The van der Waals surface area contributed by atoms with Crippen LogP contribution in [0.15, 0.2) is 60.7 Å². The van der Waals surface area contributed by atoms with Crippen LogP contribution in [0.2, 0.25) is 0 Å². The highest BCUT2D eigenvalue weighted by Crippen LogP contribution is 2.13. The maximum Gasteiger partial charge on any atom is 0.138 e. The third kappa shape index (κ3) is 4.09. The topological polar surface area (TPSA) is 34.0 Å². The van der Waals surface area contributed by atoms with E-state index in [2.05, 4.69) is 69.2 Å². The van der Waals surface area contributed by atoms with Crippen LogP contribution in [-0.2, 0) is 12.8 Å². The van der Waals surface area contributed by atoms with Gasteiger partial charge in [0.2, 0.25) is 0 Å². The van der Waals surface area contributed by atoms with E-state index < -0.39 is 0 Å². The highest BCUT2D eigenvalue weighted by Gasteiger charge is 2.11. The van der Waals surface area contributed by atoms with E-state index >= 15 is 0 Å². The summed E-state index contributed by atoms with van der Waals surface area (Å²) in [5, 5.41) is 8.63. The van der Waals surface area contributed by atoms with Crippen LogP contribution in [0.25, 0.3) is 5.69 Å². The first-order valence-corrected chi connectivity index (χ1v) is 8.43. The Morgan fingerprint density at radius 2 is 1.46 bits per heavy atom. The van der Waals surface area contributed by atoms with Gasteiger partial charge in [-0.15, -0.1) is 10.2 Å². The molecule has 0 spiro atoms. The predicted octanol–water partition coefficient (Wildman–Crippen LogP) is 3.29. The van der Waals surface area contributed by atoms with Gasteiger partial charge in [0, 0.05) is 25.2 Å². The summed E-state index contributed by atoms with van der Waals surface area (Å²) in [5.74, 6) is 1.95. The van der Waals surface area contributed by atoms with Gasteiger partial charge in [-0.2, -0.15) is 0 Å². The highest BCUT2D eigenvalue weighted by molar-refractivity contribution is 5.33. The molecule has 1 aromatic heterocycles. The number of nitrogens with zero attached hydrogens (tertiary/aromatic N) is 4. The molecule has 124 valence electrons. The number of para-hydroxylation sites is 1. The van der Waals surface area contributed by atoms with Crippen LogP contribution in [0.4, 0.5) is 0 Å². The van der Waals surface area contributed by atoms with Crippen molar-refractivity contribution < 1.29 is 0 Å². The van der Waals surface area contributed by atoms with Crippen molar-refractivity contribution in [3.63, 3.8) is 0 Å². The van der Waals surface area contributed by atoms with E-state index in [1.165, 1.54) is 5.56 Å². The minimum Gasteiger partial charge on any atom is -0.306 e. The monoisotopic (exact) mass is 320 g/mol. The molecule has 0 amide bonds. The van der Waals surface area contributed by atoms with Crippen LogP contribution in [-0.4, -0.2) is 39.8 Å². The second-order valence-corrected chi connectivity index (χ2v) is 6.12. The minimum atomic E-state index is 0.890. The summed E-state index contributed by atoms with van der Waals surface area (Å²) in [7, 11) is 2.17. The lowest BCUT2D eigenvalue weighted by atomic mass is 10.1. The Balaban J connectivity index is 1.59. The Hall–Kier alpha value is -2.46. The molecule has 3 aromatic rings. The van der Waals surface area contributed by atoms with Crippen molar-refractivity contribution in [1.82, 2.24) is 19.7 Å². The van der Waals surface area contributed by atoms with Crippen LogP contribution >= 0.6 is 0 Å². The number of aromatic nitrogens is 3. The zero-order valence-electron chi connectivity index (χ0n) is 14.4. The lowest BCUT2D eigenvalue weighted by Gasteiger charge is -2.17. The second kappa shape index (κ2) is 7.88. The fraction of sp³-hybridized carbons (Fsp3) is 0.300. The fourth-order valence-corrected chi connectivity index (χ4v) is 2.85. The number of hydrogen-bond donors (Lipinski definition) is 0. The molecule has 2 aromatic carbocycles. The first-order chi connectivity index (χ1) is 11.7. The molecule has 0 N–H and O–H groups in total. The van der Waals surface area contributed by atoms with E-state index in [1.807, 2.05) is 25.1 Å². The maximum atomic E-state index is 4.37. The average molecular weight is 320 g/mol. The number of rotatable bonds is 7. The van der Waals surface area contributed by atoms with E-state index in [0.29, 0.717) is 0 Å². The lowest BCUT2D eigenvalue weighted by molar-refractivity contribution is 0.339. The number of aryl methyl sites for hydroxylation is 1. The van der Waals surface area contributed by atoms with Gasteiger partial charge in [0.15, 0.2) is 0 Å². The van der Waals surface area contributed by atoms with Crippen LogP contribution in [0.1, 0.15) is 17.2 Å². The van der Waals surface area contributed by atoms with Crippen molar-refractivity contribution in [2.75, 3.05) is 20.1 Å². The van der Waals surface area contributed by atoms with Crippen LogP contribution in [0.5, 0.6) is 0 Å². The third-order valence-corrected chi connectivity index (χ3v) is 4.25. The van der Waals surface area contributed by atoms with Gasteiger partial charge in [-0.25, -0.2) is 0 Å². The van der Waals surface area contributed by atoms with Gasteiger partial charge >= 0.3 is 0 Å². The molecule has 0 fully saturated rings. The number of likely N-dealkylation sites (N-methyl/N-ethyl adjacent to an activating group) is 1. The first-order valence-electron chi connectivity index (χ1n) is 8.43. The Morgan fingerprint density at radius 3 is 2.17 bits per heavy atom.